The van der Waals surface area contributed by atoms with Crippen LogP contribution in [0.1, 0.15) is 11.3 Å². The van der Waals surface area contributed by atoms with Gasteiger partial charge in [0.2, 0.25) is 11.8 Å². The Labute approximate surface area is 136 Å². The van der Waals surface area contributed by atoms with E-state index in [1.807, 2.05) is 31.2 Å². The van der Waals surface area contributed by atoms with Gasteiger partial charge in [0.05, 0.1) is 23.9 Å². The molecular weight excluding hydrogens is 314 g/mol. The number of nitrogens with zero attached hydrogens (tertiary/aromatic N) is 4. The van der Waals surface area contributed by atoms with E-state index >= 15 is 0 Å². The van der Waals surface area contributed by atoms with Crippen LogP contribution in [0.5, 0.6) is 11.6 Å². The Bertz CT molecular complexity index is 774. The molecule has 0 radical (unpaired) electrons. The third-order valence-corrected chi connectivity index (χ3v) is 3.64. The molecule has 1 fully saturated rings. The summed E-state index contributed by atoms with van der Waals surface area (Å²) < 4.78 is 5.62. The molecular formula is C15H13N5O2S. The lowest BCUT2D eigenvalue weighted by Gasteiger charge is -2.04. The van der Waals surface area contributed by atoms with Gasteiger partial charge in [-0.05, 0) is 36.8 Å². The number of amides is 1. The van der Waals surface area contributed by atoms with Crippen molar-refractivity contribution < 1.29 is 9.53 Å². The molecule has 8 heteroatoms. The minimum Gasteiger partial charge on any atom is -0.437 e. The highest BCUT2D eigenvalue weighted by Gasteiger charge is 2.15. The van der Waals surface area contributed by atoms with Gasteiger partial charge >= 0.3 is 0 Å². The number of carbonyl (C=O) groups excluding carboxylic acids is 1. The van der Waals surface area contributed by atoms with E-state index in [1.54, 1.807) is 18.6 Å². The number of hydrogen-bond donors (Lipinski definition) is 1. The SMILES string of the molecule is Cc1cncc(Oc2ccc(C=NN=C3NC(=O)CS3)cc2)n1. The lowest BCUT2D eigenvalue weighted by molar-refractivity contribution is -0.116. The maximum absolute atomic E-state index is 11.0. The molecule has 0 aliphatic carbocycles. The molecule has 7 nitrogen and oxygen atoms in total. The van der Waals surface area contributed by atoms with E-state index in [1.165, 1.54) is 11.8 Å². The fourth-order valence-corrected chi connectivity index (χ4v) is 2.39. The summed E-state index contributed by atoms with van der Waals surface area (Å²) in [6, 6.07) is 7.32. The van der Waals surface area contributed by atoms with Crippen molar-refractivity contribution in [2.45, 2.75) is 6.92 Å². The normalized spacial score (nSPS) is 16.0. The number of aromatic nitrogens is 2. The summed E-state index contributed by atoms with van der Waals surface area (Å²) >= 11 is 1.33. The van der Waals surface area contributed by atoms with Crippen LogP contribution in [0.25, 0.3) is 0 Å². The zero-order chi connectivity index (χ0) is 16.1. The van der Waals surface area contributed by atoms with Gasteiger partial charge in [0.25, 0.3) is 0 Å². The van der Waals surface area contributed by atoms with Crippen LogP contribution >= 0.6 is 11.8 Å². The number of thioether (sulfide) groups is 1. The van der Waals surface area contributed by atoms with Crippen molar-refractivity contribution in [3.63, 3.8) is 0 Å². The van der Waals surface area contributed by atoms with Crippen molar-refractivity contribution in [2.24, 2.45) is 10.2 Å². The molecule has 2 aromatic rings. The first-order valence-electron chi connectivity index (χ1n) is 6.79. The zero-order valence-electron chi connectivity index (χ0n) is 12.3. The highest BCUT2D eigenvalue weighted by Crippen LogP contribution is 2.18. The van der Waals surface area contributed by atoms with E-state index < -0.39 is 0 Å². The monoisotopic (exact) mass is 327 g/mol. The van der Waals surface area contributed by atoms with Gasteiger partial charge in [0.15, 0.2) is 5.17 Å². The van der Waals surface area contributed by atoms with Crippen LogP contribution in [0.15, 0.2) is 46.9 Å². The molecule has 23 heavy (non-hydrogen) atoms. The van der Waals surface area contributed by atoms with Crippen LogP contribution in [0.2, 0.25) is 0 Å². The average Bonchev–Trinajstić information content (AvgIpc) is 2.95. The lowest BCUT2D eigenvalue weighted by Crippen LogP contribution is -2.19. The molecule has 1 saturated heterocycles. The van der Waals surface area contributed by atoms with E-state index in [9.17, 15) is 4.79 Å². The number of hydrogen-bond acceptors (Lipinski definition) is 7. The number of amidine groups is 1. The minimum atomic E-state index is -0.0512. The highest BCUT2D eigenvalue weighted by molar-refractivity contribution is 8.15. The van der Waals surface area contributed by atoms with Crippen molar-refractivity contribution >= 4 is 29.1 Å². The summed E-state index contributed by atoms with van der Waals surface area (Å²) in [5.41, 5.74) is 1.66. The van der Waals surface area contributed by atoms with Gasteiger partial charge in [-0.15, -0.1) is 5.10 Å². The Kier molecular flexibility index (Phi) is 4.62. The van der Waals surface area contributed by atoms with Gasteiger partial charge in [-0.1, -0.05) is 11.8 Å². The third kappa shape index (κ3) is 4.36. The van der Waals surface area contributed by atoms with Gasteiger partial charge in [0, 0.05) is 6.20 Å². The Hall–Kier alpha value is -2.74. The molecule has 2 heterocycles. The summed E-state index contributed by atoms with van der Waals surface area (Å²) in [7, 11) is 0. The third-order valence-electron chi connectivity index (χ3n) is 2.78. The maximum atomic E-state index is 11.0. The number of carbonyl (C=O) groups is 1. The number of benzene rings is 1. The standard InChI is InChI=1S/C15H13N5O2S/c1-10-6-16-8-14(18-10)22-12-4-2-11(3-5-12)7-17-20-15-19-13(21)9-23-15/h2-8H,9H2,1H3,(H,19,20,21). The Morgan fingerprint density at radius 2 is 2.13 bits per heavy atom. The molecule has 1 aromatic heterocycles. The van der Waals surface area contributed by atoms with Crippen LogP contribution in [0.4, 0.5) is 0 Å². The van der Waals surface area contributed by atoms with E-state index in [4.69, 9.17) is 4.74 Å². The van der Waals surface area contributed by atoms with Crippen molar-refractivity contribution in [3.8, 4) is 11.6 Å². The minimum absolute atomic E-state index is 0.0512. The quantitative estimate of drug-likeness (QED) is 0.686. The first kappa shape index (κ1) is 15.2. The molecule has 3 rings (SSSR count). The number of ether oxygens (including phenoxy) is 1. The van der Waals surface area contributed by atoms with E-state index in [-0.39, 0.29) is 5.91 Å². The first-order chi connectivity index (χ1) is 11.2. The summed E-state index contributed by atoms with van der Waals surface area (Å²) in [5.74, 6) is 1.45. The molecule has 116 valence electrons. The van der Waals surface area contributed by atoms with Crippen molar-refractivity contribution in [1.29, 1.82) is 0 Å². The van der Waals surface area contributed by atoms with E-state index in [0.29, 0.717) is 22.6 Å². The topological polar surface area (TPSA) is 88.8 Å². The van der Waals surface area contributed by atoms with Gasteiger partial charge in [0.1, 0.15) is 5.75 Å². The summed E-state index contributed by atoms with van der Waals surface area (Å²) in [6.07, 6.45) is 4.83. The second kappa shape index (κ2) is 7.01. The van der Waals surface area contributed by atoms with Crippen LogP contribution in [0, 0.1) is 6.92 Å². The summed E-state index contributed by atoms with van der Waals surface area (Å²) in [5, 5.41) is 11.0. The zero-order valence-corrected chi connectivity index (χ0v) is 13.1. The van der Waals surface area contributed by atoms with Crippen LogP contribution in [-0.4, -0.2) is 33.0 Å². The van der Waals surface area contributed by atoms with Crippen LogP contribution < -0.4 is 10.1 Å². The Morgan fingerprint density at radius 3 is 2.83 bits per heavy atom. The van der Waals surface area contributed by atoms with Gasteiger partial charge in [-0.3, -0.25) is 9.78 Å². The molecule has 1 aromatic carbocycles. The van der Waals surface area contributed by atoms with Gasteiger partial charge in [-0.25, -0.2) is 4.98 Å². The lowest BCUT2D eigenvalue weighted by atomic mass is 10.2. The van der Waals surface area contributed by atoms with E-state index in [0.717, 1.165) is 11.3 Å². The van der Waals surface area contributed by atoms with Crippen molar-refractivity contribution in [1.82, 2.24) is 15.3 Å². The number of aryl methyl sites for hydroxylation is 1. The molecule has 0 bridgehead atoms. The highest BCUT2D eigenvalue weighted by atomic mass is 32.2. The molecule has 0 atom stereocenters. The first-order valence-corrected chi connectivity index (χ1v) is 7.78. The second-order valence-electron chi connectivity index (χ2n) is 4.66. The van der Waals surface area contributed by atoms with Crippen LogP contribution in [-0.2, 0) is 4.79 Å². The molecule has 0 spiro atoms. The molecule has 1 aliphatic heterocycles. The molecule has 1 aliphatic rings. The molecule has 0 saturated carbocycles. The van der Waals surface area contributed by atoms with Crippen LogP contribution in [0.3, 0.4) is 0 Å². The summed E-state index contributed by atoms with van der Waals surface area (Å²) in [6.45, 7) is 1.85. The molecule has 1 N–H and O–H groups in total. The van der Waals surface area contributed by atoms with Crippen molar-refractivity contribution in [2.75, 3.05) is 5.75 Å². The fraction of sp³-hybridized carbons (Fsp3) is 0.133. The smallest absolute Gasteiger partial charge is 0.238 e. The Morgan fingerprint density at radius 1 is 1.30 bits per heavy atom. The summed E-state index contributed by atoms with van der Waals surface area (Å²) in [4.78, 5) is 19.3. The second-order valence-corrected chi connectivity index (χ2v) is 5.62. The predicted octanol–water partition coefficient (Wildman–Crippen LogP) is 2.13. The van der Waals surface area contributed by atoms with Gasteiger partial charge in [-0.2, -0.15) is 5.10 Å². The maximum Gasteiger partial charge on any atom is 0.238 e. The van der Waals surface area contributed by atoms with Gasteiger partial charge < -0.3 is 10.1 Å². The number of rotatable bonds is 4. The predicted molar refractivity (Wildman–Crippen MR) is 88.9 cm³/mol. The molecule has 0 unspecified atom stereocenters. The van der Waals surface area contributed by atoms with Crippen molar-refractivity contribution in [3.05, 3.63) is 47.9 Å². The largest absolute Gasteiger partial charge is 0.437 e. The fourth-order valence-electron chi connectivity index (χ4n) is 1.76. The average molecular weight is 327 g/mol. The Balaban J connectivity index is 1.62. The van der Waals surface area contributed by atoms with E-state index in [2.05, 4.69) is 25.5 Å². The molecule has 1 amide bonds. The number of nitrogens with one attached hydrogen (secondary N) is 1.